The van der Waals surface area contributed by atoms with Gasteiger partial charge in [0.15, 0.2) is 0 Å². The van der Waals surface area contributed by atoms with Crippen molar-refractivity contribution in [1.29, 1.82) is 0 Å². The maximum atomic E-state index is 12.7. The van der Waals surface area contributed by atoms with Crippen LogP contribution in [0, 0.1) is 5.92 Å². The fraction of sp³-hybridized carbons (Fsp3) is 0.368. The number of nitrogens with two attached hydrogens (primary N) is 1. The van der Waals surface area contributed by atoms with Crippen molar-refractivity contribution in [1.82, 2.24) is 15.1 Å². The topological polar surface area (TPSA) is 162 Å². The van der Waals surface area contributed by atoms with Crippen molar-refractivity contribution in [2.75, 3.05) is 13.2 Å². The Morgan fingerprint density at radius 1 is 1.23 bits per heavy atom. The van der Waals surface area contributed by atoms with Crippen molar-refractivity contribution in [3.8, 4) is 5.75 Å². The van der Waals surface area contributed by atoms with E-state index in [2.05, 4.69) is 5.32 Å². The van der Waals surface area contributed by atoms with Gasteiger partial charge in [-0.25, -0.2) is 14.4 Å². The molecule has 1 aromatic carbocycles. The number of urea groups is 1. The summed E-state index contributed by atoms with van der Waals surface area (Å²) in [6.45, 7) is 0.166. The van der Waals surface area contributed by atoms with Crippen LogP contribution in [-0.2, 0) is 20.9 Å². The van der Waals surface area contributed by atoms with Gasteiger partial charge in [0, 0.05) is 19.0 Å². The Morgan fingerprint density at radius 3 is 2.52 bits per heavy atom. The summed E-state index contributed by atoms with van der Waals surface area (Å²) in [4.78, 5) is 50.7. The van der Waals surface area contributed by atoms with Gasteiger partial charge in [0.1, 0.15) is 24.1 Å². The van der Waals surface area contributed by atoms with E-state index in [-0.39, 0.29) is 73.0 Å². The first-order valence-corrected chi connectivity index (χ1v) is 9.31. The van der Waals surface area contributed by atoms with Crippen LogP contribution in [0.15, 0.2) is 35.5 Å². The van der Waals surface area contributed by atoms with E-state index in [0.29, 0.717) is 5.57 Å². The Bertz CT molecular complexity index is 965. The molecule has 0 unspecified atom stereocenters. The van der Waals surface area contributed by atoms with Crippen LogP contribution in [0.25, 0.3) is 0 Å². The van der Waals surface area contributed by atoms with Gasteiger partial charge in [-0.1, -0.05) is 12.1 Å². The molecule has 31 heavy (non-hydrogen) atoms. The Kier molecular flexibility index (Phi) is 6.48. The third-order valence-electron chi connectivity index (χ3n) is 5.68. The number of aliphatic carboxylic acids is 1. The van der Waals surface area contributed by atoms with E-state index in [4.69, 9.17) is 10.5 Å². The van der Waals surface area contributed by atoms with E-state index in [1.807, 2.05) is 0 Å². The van der Waals surface area contributed by atoms with E-state index in [1.54, 1.807) is 12.1 Å². The van der Waals surface area contributed by atoms with E-state index >= 15 is 0 Å². The van der Waals surface area contributed by atoms with Crippen LogP contribution in [-0.4, -0.2) is 98.8 Å². The molecule has 1 aromatic rings. The summed E-state index contributed by atoms with van der Waals surface area (Å²) >= 11 is 0. The molecule has 4 amide bonds. The summed E-state index contributed by atoms with van der Waals surface area (Å²) in [6, 6.07) is 4.79. The SMILES string of the molecule is NC(=O)OCC1=C(C(=O)O)N2C(=O)[C@@H]3[C@H]2[C@H](C1)CN3C(=O)NCc1ccc(O)cc1.[NaH]. The Hall–Kier alpha value is -2.76. The number of ether oxygens (including phenoxy) is 1. The van der Waals surface area contributed by atoms with E-state index in [1.165, 1.54) is 21.9 Å². The van der Waals surface area contributed by atoms with Crippen LogP contribution in [0.4, 0.5) is 9.59 Å². The number of rotatable bonds is 5. The Morgan fingerprint density at radius 2 is 1.90 bits per heavy atom. The van der Waals surface area contributed by atoms with E-state index in [0.717, 1.165) is 5.56 Å². The van der Waals surface area contributed by atoms with Gasteiger partial charge >= 0.3 is 47.7 Å². The molecule has 3 aliphatic rings. The third kappa shape index (κ3) is 4.08. The number of nitrogens with zero attached hydrogens (tertiary/aromatic N) is 2. The molecule has 3 atom stereocenters. The van der Waals surface area contributed by atoms with Crippen molar-refractivity contribution in [3.63, 3.8) is 0 Å². The molecule has 12 heteroatoms. The minimum absolute atomic E-state index is 0. The van der Waals surface area contributed by atoms with Crippen LogP contribution in [0.3, 0.4) is 0 Å². The van der Waals surface area contributed by atoms with Gasteiger partial charge < -0.3 is 30.9 Å². The normalized spacial score (nSPS) is 23.5. The van der Waals surface area contributed by atoms with Crippen molar-refractivity contribution in [2.24, 2.45) is 11.7 Å². The van der Waals surface area contributed by atoms with Crippen LogP contribution >= 0.6 is 0 Å². The molecular formula is C19H21N4NaO7. The number of hydrogen-bond donors (Lipinski definition) is 4. The number of benzene rings is 1. The zero-order valence-electron chi connectivity index (χ0n) is 15.8. The van der Waals surface area contributed by atoms with Crippen LogP contribution in [0.1, 0.15) is 12.0 Å². The predicted molar refractivity (Wildman–Crippen MR) is 107 cm³/mol. The molecule has 0 aliphatic carbocycles. The summed E-state index contributed by atoms with van der Waals surface area (Å²) in [7, 11) is 0. The number of carbonyl (C=O) groups excluding carboxylic acids is 3. The standard InChI is InChI=1S/C19H20N4O7.Na.H/c20-18(28)30-8-11-5-10-7-22(15-13(10)23(16(15)25)14(11)17(26)27)19(29)21-6-9-1-3-12(24)4-2-9;;/h1-4,10,13,15,24H,5-8H2,(H2,20,28)(H,21,29)(H,26,27);;/t10-,13-,15+;;/m1../s1. The fourth-order valence-corrected chi connectivity index (χ4v) is 4.43. The van der Waals surface area contributed by atoms with Gasteiger partial charge in [0.05, 0.1) is 6.04 Å². The number of aromatic hydroxyl groups is 1. The summed E-state index contributed by atoms with van der Waals surface area (Å²) < 4.78 is 4.75. The number of carbonyl (C=O) groups is 4. The molecule has 2 fully saturated rings. The summed E-state index contributed by atoms with van der Waals surface area (Å²) in [6.07, 6.45) is -0.759. The molecule has 3 aliphatic heterocycles. The molecule has 2 saturated heterocycles. The first kappa shape index (κ1) is 22.9. The van der Waals surface area contributed by atoms with Gasteiger partial charge in [-0.2, -0.15) is 0 Å². The average Bonchev–Trinajstić information content (AvgIpc) is 3.07. The molecule has 11 nitrogen and oxygen atoms in total. The van der Waals surface area contributed by atoms with Gasteiger partial charge in [-0.15, -0.1) is 0 Å². The van der Waals surface area contributed by atoms with Crippen molar-refractivity contribution < 1.29 is 34.1 Å². The van der Waals surface area contributed by atoms with E-state index in [9.17, 15) is 29.4 Å². The zero-order chi connectivity index (χ0) is 21.6. The van der Waals surface area contributed by atoms with Gasteiger partial charge in [0.2, 0.25) is 0 Å². The molecule has 3 heterocycles. The number of primary amides is 1. The summed E-state index contributed by atoms with van der Waals surface area (Å²) in [5.41, 5.74) is 5.84. The second-order valence-electron chi connectivity index (χ2n) is 7.45. The second kappa shape index (κ2) is 8.77. The molecule has 0 radical (unpaired) electrons. The quantitative estimate of drug-likeness (QED) is 0.348. The van der Waals surface area contributed by atoms with Crippen molar-refractivity contribution >= 4 is 53.6 Å². The second-order valence-corrected chi connectivity index (χ2v) is 7.45. The number of phenolic OH excluding ortho intramolecular Hbond substituents is 1. The number of carboxylic acid groups (broad SMARTS) is 1. The number of nitrogens with one attached hydrogen (secondary N) is 1. The van der Waals surface area contributed by atoms with Crippen LogP contribution < -0.4 is 11.1 Å². The maximum absolute atomic E-state index is 12.7. The summed E-state index contributed by atoms with van der Waals surface area (Å²) in [5, 5.41) is 21.7. The van der Waals surface area contributed by atoms with Crippen molar-refractivity contribution in [2.45, 2.75) is 25.0 Å². The van der Waals surface area contributed by atoms with Crippen LogP contribution in [0.5, 0.6) is 5.75 Å². The van der Waals surface area contributed by atoms with Crippen molar-refractivity contribution in [3.05, 3.63) is 41.1 Å². The Balaban J connectivity index is 0.00000272. The van der Waals surface area contributed by atoms with Gasteiger partial charge in [-0.3, -0.25) is 9.69 Å². The zero-order valence-corrected chi connectivity index (χ0v) is 15.8. The summed E-state index contributed by atoms with van der Waals surface area (Å²) in [5.74, 6) is -1.82. The number of carboxylic acids is 1. The molecule has 0 bridgehead atoms. The van der Waals surface area contributed by atoms with E-state index < -0.39 is 36.1 Å². The molecular weight excluding hydrogens is 419 g/mol. The van der Waals surface area contributed by atoms with Gasteiger partial charge in [0.25, 0.3) is 5.91 Å². The predicted octanol–water partition coefficient (Wildman–Crippen LogP) is -0.698. The monoisotopic (exact) mass is 440 g/mol. The number of likely N-dealkylation sites (tertiary alicyclic amines) is 1. The number of hydrogen-bond acceptors (Lipinski definition) is 6. The minimum atomic E-state index is -1.29. The molecule has 0 spiro atoms. The fourth-order valence-electron chi connectivity index (χ4n) is 4.43. The first-order chi connectivity index (χ1) is 14.3. The molecule has 5 N–H and O–H groups in total. The Labute approximate surface area is 199 Å². The first-order valence-electron chi connectivity index (χ1n) is 9.31. The molecule has 0 saturated carbocycles. The molecule has 4 rings (SSSR count). The number of phenols is 1. The van der Waals surface area contributed by atoms with Gasteiger partial charge in [-0.05, 0) is 29.7 Å². The number of amides is 4. The van der Waals surface area contributed by atoms with Crippen LogP contribution in [0.2, 0.25) is 0 Å². The molecule has 0 aromatic heterocycles. The average molecular weight is 440 g/mol. The number of β-lactam (4-membered cyclic amide) rings is 1. The molecule has 160 valence electrons. The third-order valence-corrected chi connectivity index (χ3v) is 5.68.